The summed E-state index contributed by atoms with van der Waals surface area (Å²) < 4.78 is 34.1. The lowest BCUT2D eigenvalue weighted by molar-refractivity contribution is -0.123. The van der Waals surface area contributed by atoms with Crippen LogP contribution in [0, 0.1) is 11.3 Å². The van der Waals surface area contributed by atoms with Crippen LogP contribution in [0.5, 0.6) is 0 Å². The second-order valence-corrected chi connectivity index (χ2v) is 13.0. The monoisotopic (exact) mass is 649 g/mol. The van der Waals surface area contributed by atoms with E-state index in [0.717, 1.165) is 12.6 Å². The lowest BCUT2D eigenvalue weighted by Crippen LogP contribution is -2.36. The number of carbonyl (C=O) groups excluding carboxylic acids is 1. The summed E-state index contributed by atoms with van der Waals surface area (Å²) in [6.45, 7) is 13.3. The predicted octanol–water partition coefficient (Wildman–Crippen LogP) is 3.38. The molecule has 0 aliphatic carbocycles. The van der Waals surface area contributed by atoms with Crippen molar-refractivity contribution in [3.8, 4) is 6.07 Å². The lowest BCUT2D eigenvalue weighted by Gasteiger charge is -2.37. The topological polar surface area (TPSA) is 177 Å². The molecule has 2 rings (SSSR count). The predicted molar refractivity (Wildman–Crippen MR) is 165 cm³/mol. The number of ether oxygens (including phenoxy) is 1. The van der Waals surface area contributed by atoms with Gasteiger partial charge in [-0.15, -0.1) is 0 Å². The average Bonchev–Trinajstić information content (AvgIpc) is 3.34. The summed E-state index contributed by atoms with van der Waals surface area (Å²) in [5, 5.41) is 19.2. The SMILES string of the molecule is CCOP(CCCC1OC(n2ccc(=O)[nH]c2=O)CC1OP(OCCC#N)N(C(C)C)C(C)C)OCC.CNC(=O)CO. The number of likely N-dealkylation sites (N-methyl/N-ethyl adjacent to an activating group) is 1. The zero-order chi connectivity index (χ0) is 32.4. The summed E-state index contributed by atoms with van der Waals surface area (Å²) in [6.07, 6.45) is 3.17. The van der Waals surface area contributed by atoms with Crippen molar-refractivity contribution in [3.05, 3.63) is 33.1 Å². The number of aliphatic hydroxyl groups excluding tert-OH is 1. The fraction of sp³-hybridized carbons (Fsp3) is 0.778. The first-order valence-corrected chi connectivity index (χ1v) is 17.1. The highest BCUT2D eigenvalue weighted by molar-refractivity contribution is 7.47. The van der Waals surface area contributed by atoms with Crippen LogP contribution in [-0.4, -0.2) is 89.2 Å². The molecule has 246 valence electrons. The Labute approximate surface area is 256 Å². The van der Waals surface area contributed by atoms with Crippen LogP contribution < -0.4 is 16.6 Å². The molecule has 2 heterocycles. The molecule has 0 radical (unpaired) electrons. The Morgan fingerprint density at radius 1 is 1.23 bits per heavy atom. The molecule has 16 heteroatoms. The minimum atomic E-state index is -1.48. The molecule has 43 heavy (non-hydrogen) atoms. The highest BCUT2D eigenvalue weighted by Crippen LogP contribution is 2.50. The summed E-state index contributed by atoms with van der Waals surface area (Å²) >= 11 is 0. The van der Waals surface area contributed by atoms with Crippen molar-refractivity contribution in [1.82, 2.24) is 19.5 Å². The molecule has 1 aliphatic heterocycles. The van der Waals surface area contributed by atoms with Crippen molar-refractivity contribution in [2.24, 2.45) is 0 Å². The quantitative estimate of drug-likeness (QED) is 0.157. The number of hydrogen-bond acceptors (Lipinski definition) is 11. The number of aliphatic hydroxyl groups is 1. The second-order valence-electron chi connectivity index (χ2n) is 9.94. The zero-order valence-electron chi connectivity index (χ0n) is 26.4. The minimum Gasteiger partial charge on any atom is -0.387 e. The van der Waals surface area contributed by atoms with Gasteiger partial charge in [0.15, 0.2) is 8.38 Å². The molecule has 3 N–H and O–H groups in total. The van der Waals surface area contributed by atoms with Crippen LogP contribution in [-0.2, 0) is 27.6 Å². The number of hydrogen-bond donors (Lipinski definition) is 3. The molecule has 0 saturated carbocycles. The maximum atomic E-state index is 12.5. The Kier molecular flexibility index (Phi) is 19.9. The largest absolute Gasteiger partial charge is 0.387 e. The zero-order valence-corrected chi connectivity index (χ0v) is 28.1. The lowest BCUT2D eigenvalue weighted by atomic mass is 10.1. The molecule has 0 aromatic carbocycles. The van der Waals surface area contributed by atoms with E-state index in [-0.39, 0.29) is 43.2 Å². The summed E-state index contributed by atoms with van der Waals surface area (Å²) in [5.41, 5.74) is -0.977. The third-order valence-electron chi connectivity index (χ3n) is 6.03. The Balaban J connectivity index is 0.00000139. The smallest absolute Gasteiger partial charge is 0.330 e. The average molecular weight is 650 g/mol. The summed E-state index contributed by atoms with van der Waals surface area (Å²) in [4.78, 5) is 36.2. The van der Waals surface area contributed by atoms with Gasteiger partial charge in [-0.3, -0.25) is 19.1 Å². The number of nitrogens with zero attached hydrogens (tertiary/aromatic N) is 3. The third kappa shape index (κ3) is 14.2. The van der Waals surface area contributed by atoms with Gasteiger partial charge in [0.2, 0.25) is 5.91 Å². The van der Waals surface area contributed by atoms with Gasteiger partial charge in [0.25, 0.3) is 14.1 Å². The number of nitrogens with one attached hydrogen (secondary N) is 2. The van der Waals surface area contributed by atoms with E-state index in [1.54, 1.807) is 0 Å². The molecule has 1 saturated heterocycles. The Hall–Kier alpha value is -1.78. The van der Waals surface area contributed by atoms with Gasteiger partial charge in [-0.25, -0.2) is 9.46 Å². The van der Waals surface area contributed by atoms with E-state index >= 15 is 0 Å². The van der Waals surface area contributed by atoms with Crippen LogP contribution in [0.25, 0.3) is 0 Å². The number of aromatic amines is 1. The first-order chi connectivity index (χ1) is 20.5. The van der Waals surface area contributed by atoms with Crippen LogP contribution in [0.3, 0.4) is 0 Å². The summed E-state index contributed by atoms with van der Waals surface area (Å²) in [7, 11) is -0.974. The standard InChI is InChI=1S/C24H42N4O7P2.C3H7NO2/c1-7-31-36(32-8-2)16-9-11-20-21(17-23(34-20)27-14-12-22(29)26-24(27)30)35-37(33-15-10-13-25)28(18(3)4)19(5)6;1-4-3(6)2-5/h12,14,18-21,23H,7-11,15-17H2,1-6H3,(H,26,29,30);5H,2H2,1H3,(H,4,6). The van der Waals surface area contributed by atoms with Crippen molar-refractivity contribution < 1.29 is 32.7 Å². The van der Waals surface area contributed by atoms with Gasteiger partial charge in [-0.2, -0.15) is 5.26 Å². The Morgan fingerprint density at radius 3 is 2.37 bits per heavy atom. The first kappa shape index (κ1) is 39.2. The number of aromatic nitrogens is 2. The van der Waals surface area contributed by atoms with E-state index in [0.29, 0.717) is 26.1 Å². The normalized spacial score (nSPS) is 19.0. The molecule has 1 aliphatic rings. The molecule has 1 fully saturated rings. The molecular formula is C27H49N5O9P2. The van der Waals surface area contributed by atoms with Gasteiger partial charge in [0.05, 0.1) is 44.5 Å². The maximum Gasteiger partial charge on any atom is 0.330 e. The van der Waals surface area contributed by atoms with Gasteiger partial charge in [-0.05, 0) is 54.4 Å². The summed E-state index contributed by atoms with van der Waals surface area (Å²) in [6, 6.07) is 3.75. The second kappa shape index (κ2) is 21.8. The van der Waals surface area contributed by atoms with Crippen molar-refractivity contribution in [2.45, 2.75) is 97.7 Å². The molecule has 1 aromatic rings. The van der Waals surface area contributed by atoms with Crippen LogP contribution in [0.15, 0.2) is 21.9 Å². The third-order valence-corrected chi connectivity index (χ3v) is 9.96. The van der Waals surface area contributed by atoms with Crippen LogP contribution in [0.2, 0.25) is 0 Å². The van der Waals surface area contributed by atoms with E-state index in [2.05, 4.69) is 48.7 Å². The molecule has 4 atom stereocenters. The number of carbonyl (C=O) groups is 1. The van der Waals surface area contributed by atoms with Crippen LogP contribution in [0.1, 0.15) is 73.5 Å². The molecule has 1 amide bonds. The van der Waals surface area contributed by atoms with E-state index in [1.807, 2.05) is 13.8 Å². The van der Waals surface area contributed by atoms with Gasteiger partial charge >= 0.3 is 5.69 Å². The molecule has 14 nitrogen and oxygen atoms in total. The van der Waals surface area contributed by atoms with Crippen molar-refractivity contribution in [2.75, 3.05) is 39.6 Å². The van der Waals surface area contributed by atoms with Crippen molar-refractivity contribution in [3.63, 3.8) is 0 Å². The van der Waals surface area contributed by atoms with E-state index in [4.69, 9.17) is 33.2 Å². The van der Waals surface area contributed by atoms with Crippen LogP contribution >= 0.6 is 16.9 Å². The summed E-state index contributed by atoms with van der Waals surface area (Å²) in [5.74, 6) is -0.352. The number of nitriles is 1. The van der Waals surface area contributed by atoms with E-state index in [1.165, 1.54) is 23.9 Å². The molecule has 0 bridgehead atoms. The highest BCUT2D eigenvalue weighted by atomic mass is 31.2. The van der Waals surface area contributed by atoms with Gasteiger partial charge in [-0.1, -0.05) is 0 Å². The highest BCUT2D eigenvalue weighted by Gasteiger charge is 2.41. The Morgan fingerprint density at radius 2 is 1.88 bits per heavy atom. The first-order valence-electron chi connectivity index (χ1n) is 14.6. The molecule has 1 aromatic heterocycles. The molecule has 0 spiro atoms. The maximum absolute atomic E-state index is 12.5. The fourth-order valence-corrected chi connectivity index (χ4v) is 7.37. The molecule has 4 unspecified atom stereocenters. The Bertz CT molecular complexity index is 1060. The van der Waals surface area contributed by atoms with E-state index in [9.17, 15) is 14.4 Å². The van der Waals surface area contributed by atoms with Crippen molar-refractivity contribution >= 4 is 22.8 Å². The molecular weight excluding hydrogens is 600 g/mol. The van der Waals surface area contributed by atoms with Gasteiger partial charge in [0.1, 0.15) is 12.8 Å². The van der Waals surface area contributed by atoms with Crippen molar-refractivity contribution in [1.29, 1.82) is 5.26 Å². The number of H-pyrrole nitrogens is 1. The number of rotatable bonds is 18. The van der Waals surface area contributed by atoms with Gasteiger partial charge < -0.3 is 33.3 Å². The van der Waals surface area contributed by atoms with Gasteiger partial charge in [0, 0.05) is 44.0 Å². The number of amides is 1. The van der Waals surface area contributed by atoms with E-state index < -0.39 is 41.0 Å². The van der Waals surface area contributed by atoms with Crippen LogP contribution in [0.4, 0.5) is 0 Å². The minimum absolute atomic E-state index is 0.160. The fourth-order valence-electron chi connectivity index (χ4n) is 4.26.